The van der Waals surface area contributed by atoms with Gasteiger partial charge in [0.2, 0.25) is 5.91 Å². The molecule has 138 valence electrons. The van der Waals surface area contributed by atoms with Gasteiger partial charge in [0, 0.05) is 18.9 Å². The summed E-state index contributed by atoms with van der Waals surface area (Å²) in [6.07, 6.45) is 1.12. The van der Waals surface area contributed by atoms with E-state index in [1.807, 2.05) is 30.3 Å². The lowest BCUT2D eigenvalue weighted by Crippen LogP contribution is -2.44. The van der Waals surface area contributed by atoms with Gasteiger partial charge in [-0.1, -0.05) is 41.9 Å². The molecular weight excluding hydrogens is 364 g/mol. The monoisotopic (exact) mass is 381 g/mol. The highest BCUT2D eigenvalue weighted by atomic mass is 35.5. The maximum Gasteiger partial charge on any atom is 0.387 e. The Morgan fingerprint density at radius 3 is 2.46 bits per heavy atom. The second-order valence-electron chi connectivity index (χ2n) is 6.04. The second kappa shape index (κ2) is 8.01. The fraction of sp³-hybridized carbons (Fsp3) is 0.316. The Bertz CT molecular complexity index is 765. The normalized spacial score (nSPS) is 16.3. The molecule has 2 aromatic carbocycles. The third-order valence-electron chi connectivity index (χ3n) is 4.51. The van der Waals surface area contributed by atoms with Crippen LogP contribution in [0.5, 0.6) is 5.75 Å². The molecule has 0 aliphatic carbocycles. The van der Waals surface area contributed by atoms with Gasteiger partial charge in [0.1, 0.15) is 5.75 Å². The van der Waals surface area contributed by atoms with E-state index in [1.54, 1.807) is 0 Å². The molecule has 7 heteroatoms. The van der Waals surface area contributed by atoms with Crippen LogP contribution in [0.1, 0.15) is 18.4 Å². The number of amides is 1. The fourth-order valence-corrected chi connectivity index (χ4v) is 3.37. The number of benzene rings is 2. The molecule has 0 saturated carbocycles. The topological polar surface area (TPSA) is 47.6 Å². The van der Waals surface area contributed by atoms with Crippen molar-refractivity contribution in [2.45, 2.75) is 24.9 Å². The standard InChI is InChI=1S/C19H18ClF2NO3/c20-15-12-14(6-7-16(15)26-18(21)22)23-17(24)19(8-10-25-11-9-19)13-4-2-1-3-5-13/h1-7,12,18H,8-11H2,(H,23,24). The van der Waals surface area contributed by atoms with Crippen LogP contribution in [0.3, 0.4) is 0 Å². The number of anilines is 1. The summed E-state index contributed by atoms with van der Waals surface area (Å²) in [4.78, 5) is 13.1. The molecule has 1 aliphatic heterocycles. The summed E-state index contributed by atoms with van der Waals surface area (Å²) in [5.74, 6) is -0.311. The second-order valence-corrected chi connectivity index (χ2v) is 6.45. The number of carbonyl (C=O) groups is 1. The van der Waals surface area contributed by atoms with Crippen molar-refractivity contribution in [1.29, 1.82) is 0 Å². The lowest BCUT2D eigenvalue weighted by Gasteiger charge is -2.36. The molecule has 1 heterocycles. The number of nitrogens with one attached hydrogen (secondary N) is 1. The lowest BCUT2D eigenvalue weighted by molar-refractivity contribution is -0.125. The van der Waals surface area contributed by atoms with Gasteiger partial charge in [-0.15, -0.1) is 0 Å². The molecule has 0 spiro atoms. The molecule has 3 rings (SSSR count). The van der Waals surface area contributed by atoms with Gasteiger partial charge in [0.05, 0.1) is 10.4 Å². The minimum absolute atomic E-state index is 0.00355. The molecule has 1 amide bonds. The van der Waals surface area contributed by atoms with Crippen LogP contribution in [0.2, 0.25) is 5.02 Å². The van der Waals surface area contributed by atoms with Gasteiger partial charge in [0.15, 0.2) is 0 Å². The van der Waals surface area contributed by atoms with Crippen molar-refractivity contribution in [3.05, 3.63) is 59.1 Å². The van der Waals surface area contributed by atoms with Crippen molar-refractivity contribution < 1.29 is 23.0 Å². The fourth-order valence-electron chi connectivity index (χ4n) is 3.14. The van der Waals surface area contributed by atoms with E-state index in [0.717, 1.165) is 5.56 Å². The van der Waals surface area contributed by atoms with Crippen LogP contribution in [0, 0.1) is 0 Å². The first kappa shape index (κ1) is 18.6. The molecule has 0 bridgehead atoms. The summed E-state index contributed by atoms with van der Waals surface area (Å²) in [6, 6.07) is 13.7. The van der Waals surface area contributed by atoms with E-state index >= 15 is 0 Å². The summed E-state index contributed by atoms with van der Waals surface area (Å²) < 4.78 is 34.4. The number of ether oxygens (including phenoxy) is 2. The number of hydrogen-bond acceptors (Lipinski definition) is 3. The Morgan fingerprint density at radius 2 is 1.85 bits per heavy atom. The van der Waals surface area contributed by atoms with Crippen molar-refractivity contribution in [1.82, 2.24) is 0 Å². The molecule has 0 aromatic heterocycles. The zero-order valence-electron chi connectivity index (χ0n) is 13.9. The molecule has 1 N–H and O–H groups in total. The summed E-state index contributed by atoms with van der Waals surface area (Å²) in [7, 11) is 0. The number of rotatable bonds is 5. The molecule has 2 aromatic rings. The van der Waals surface area contributed by atoms with Crippen molar-refractivity contribution in [2.24, 2.45) is 0 Å². The van der Waals surface area contributed by atoms with Gasteiger partial charge in [-0.3, -0.25) is 4.79 Å². The average molecular weight is 382 g/mol. The highest BCUT2D eigenvalue weighted by Crippen LogP contribution is 2.37. The number of alkyl halides is 2. The maximum absolute atomic E-state index is 13.1. The minimum Gasteiger partial charge on any atom is -0.433 e. The van der Waals surface area contributed by atoms with E-state index in [1.165, 1.54) is 18.2 Å². The molecule has 0 radical (unpaired) electrons. The van der Waals surface area contributed by atoms with Gasteiger partial charge in [-0.2, -0.15) is 8.78 Å². The highest BCUT2D eigenvalue weighted by Gasteiger charge is 2.41. The first-order valence-corrected chi connectivity index (χ1v) is 8.58. The van der Waals surface area contributed by atoms with Crippen LogP contribution < -0.4 is 10.1 Å². The summed E-state index contributed by atoms with van der Waals surface area (Å²) >= 11 is 5.96. The number of carbonyl (C=O) groups excluding carboxylic acids is 1. The quantitative estimate of drug-likeness (QED) is 0.821. The zero-order valence-corrected chi connectivity index (χ0v) is 14.6. The Kier molecular flexibility index (Phi) is 5.74. The van der Waals surface area contributed by atoms with Gasteiger partial charge < -0.3 is 14.8 Å². The van der Waals surface area contributed by atoms with Crippen LogP contribution in [-0.4, -0.2) is 25.7 Å². The van der Waals surface area contributed by atoms with Gasteiger partial charge in [0.25, 0.3) is 0 Å². The molecule has 1 fully saturated rings. The average Bonchev–Trinajstić information content (AvgIpc) is 2.65. The molecule has 0 atom stereocenters. The van der Waals surface area contributed by atoms with Crippen molar-refractivity contribution in [2.75, 3.05) is 18.5 Å². The Labute approximate surface area is 155 Å². The van der Waals surface area contributed by atoms with Crippen LogP contribution >= 0.6 is 11.6 Å². The first-order valence-electron chi connectivity index (χ1n) is 8.20. The van der Waals surface area contributed by atoms with Gasteiger partial charge in [-0.05, 0) is 36.6 Å². The van der Waals surface area contributed by atoms with Gasteiger partial charge in [-0.25, -0.2) is 0 Å². The predicted octanol–water partition coefficient (Wildman–Crippen LogP) is 4.63. The highest BCUT2D eigenvalue weighted by molar-refractivity contribution is 6.32. The Balaban J connectivity index is 1.84. The SMILES string of the molecule is O=C(Nc1ccc(OC(F)F)c(Cl)c1)C1(c2ccccc2)CCOCC1. The number of hydrogen-bond donors (Lipinski definition) is 1. The van der Waals surface area contributed by atoms with Gasteiger partial charge >= 0.3 is 6.61 Å². The summed E-state index contributed by atoms with van der Waals surface area (Å²) in [6.45, 7) is -1.98. The van der Waals surface area contributed by atoms with E-state index < -0.39 is 12.0 Å². The minimum atomic E-state index is -2.96. The molecule has 1 aliphatic rings. The molecular formula is C19H18ClF2NO3. The Hall–Kier alpha value is -2.18. The van der Waals surface area contributed by atoms with E-state index in [-0.39, 0.29) is 16.7 Å². The van der Waals surface area contributed by atoms with Crippen LogP contribution in [0.25, 0.3) is 0 Å². The molecule has 26 heavy (non-hydrogen) atoms. The lowest BCUT2D eigenvalue weighted by atomic mass is 9.73. The third kappa shape index (κ3) is 3.97. The van der Waals surface area contributed by atoms with E-state index in [4.69, 9.17) is 16.3 Å². The Morgan fingerprint density at radius 1 is 1.15 bits per heavy atom. The molecule has 1 saturated heterocycles. The smallest absolute Gasteiger partial charge is 0.387 e. The molecule has 4 nitrogen and oxygen atoms in total. The van der Waals surface area contributed by atoms with E-state index in [2.05, 4.69) is 10.1 Å². The number of halogens is 3. The van der Waals surface area contributed by atoms with Crippen molar-refractivity contribution in [3.63, 3.8) is 0 Å². The summed E-state index contributed by atoms with van der Waals surface area (Å²) in [5.41, 5.74) is 0.636. The third-order valence-corrected chi connectivity index (χ3v) is 4.81. The zero-order chi connectivity index (χ0) is 18.6. The maximum atomic E-state index is 13.1. The van der Waals surface area contributed by atoms with E-state index in [0.29, 0.717) is 31.7 Å². The van der Waals surface area contributed by atoms with Crippen LogP contribution in [-0.2, 0) is 14.9 Å². The van der Waals surface area contributed by atoms with Crippen molar-refractivity contribution >= 4 is 23.2 Å². The van der Waals surface area contributed by atoms with Crippen molar-refractivity contribution in [3.8, 4) is 5.75 Å². The van der Waals surface area contributed by atoms with Crippen LogP contribution in [0.15, 0.2) is 48.5 Å². The molecule has 0 unspecified atom stereocenters. The van der Waals surface area contributed by atoms with Crippen LogP contribution in [0.4, 0.5) is 14.5 Å². The first-order chi connectivity index (χ1) is 12.5. The van der Waals surface area contributed by atoms with E-state index in [9.17, 15) is 13.6 Å². The summed E-state index contributed by atoms with van der Waals surface area (Å²) in [5, 5.41) is 2.85. The largest absolute Gasteiger partial charge is 0.433 e. The predicted molar refractivity (Wildman–Crippen MR) is 94.9 cm³/mol.